The van der Waals surface area contributed by atoms with Crippen molar-refractivity contribution in [2.24, 2.45) is 0 Å². The number of likely N-dealkylation sites (tertiary alicyclic amines) is 1. The first-order valence-corrected chi connectivity index (χ1v) is 10.2. The number of hydrogen-bond donors (Lipinski definition) is 1. The highest BCUT2D eigenvalue weighted by atomic mass is 32.1. The molecule has 2 N–H and O–H groups in total. The lowest BCUT2D eigenvalue weighted by Crippen LogP contribution is -2.63. The maximum absolute atomic E-state index is 13.1. The quantitative estimate of drug-likeness (QED) is 0.825. The molecule has 0 saturated carbocycles. The normalized spacial score (nSPS) is 22.0. The SMILES string of the molecule is Cc1ccc(N)c(C(=O)N2CC3CCCC(C2)N3C(=O)Cc2ccns2)c1. The highest BCUT2D eigenvalue weighted by Crippen LogP contribution is 2.31. The monoisotopic (exact) mass is 384 g/mol. The van der Waals surface area contributed by atoms with Crippen molar-refractivity contribution in [2.45, 2.75) is 44.7 Å². The van der Waals surface area contributed by atoms with Gasteiger partial charge in [-0.1, -0.05) is 11.6 Å². The number of piperidine rings is 1. The fourth-order valence-electron chi connectivity index (χ4n) is 4.28. The van der Waals surface area contributed by atoms with Gasteiger partial charge in [0.15, 0.2) is 0 Å². The molecule has 7 heteroatoms. The second-order valence-corrected chi connectivity index (χ2v) is 8.41. The average molecular weight is 385 g/mol. The van der Waals surface area contributed by atoms with Crippen molar-refractivity contribution in [2.75, 3.05) is 18.8 Å². The Morgan fingerprint density at radius 2 is 1.96 bits per heavy atom. The number of carbonyl (C=O) groups excluding carboxylic acids is 2. The highest BCUT2D eigenvalue weighted by molar-refractivity contribution is 7.05. The number of benzene rings is 1. The molecule has 2 aliphatic rings. The van der Waals surface area contributed by atoms with Gasteiger partial charge in [0.1, 0.15) is 0 Å². The predicted molar refractivity (Wildman–Crippen MR) is 106 cm³/mol. The van der Waals surface area contributed by atoms with Gasteiger partial charge in [-0.3, -0.25) is 9.59 Å². The van der Waals surface area contributed by atoms with Gasteiger partial charge >= 0.3 is 0 Å². The fraction of sp³-hybridized carbons (Fsp3) is 0.450. The van der Waals surface area contributed by atoms with Gasteiger partial charge in [-0.15, -0.1) is 0 Å². The first kappa shape index (κ1) is 18.0. The van der Waals surface area contributed by atoms with E-state index in [-0.39, 0.29) is 23.9 Å². The van der Waals surface area contributed by atoms with E-state index >= 15 is 0 Å². The minimum Gasteiger partial charge on any atom is -0.398 e. The van der Waals surface area contributed by atoms with Crippen molar-refractivity contribution in [3.8, 4) is 0 Å². The number of rotatable bonds is 3. The Bertz CT molecular complexity index is 838. The van der Waals surface area contributed by atoms with Crippen molar-refractivity contribution < 1.29 is 9.59 Å². The minimum absolute atomic E-state index is 0.0253. The molecule has 2 amide bonds. The molecule has 0 aliphatic carbocycles. The number of anilines is 1. The molecular weight excluding hydrogens is 360 g/mol. The van der Waals surface area contributed by atoms with E-state index in [9.17, 15) is 9.59 Å². The Hall–Kier alpha value is -2.41. The van der Waals surface area contributed by atoms with Crippen LogP contribution in [0.5, 0.6) is 0 Å². The van der Waals surface area contributed by atoms with Gasteiger partial charge in [0.05, 0.1) is 12.0 Å². The van der Waals surface area contributed by atoms with E-state index in [4.69, 9.17) is 5.73 Å². The summed E-state index contributed by atoms with van der Waals surface area (Å²) in [6.07, 6.45) is 5.12. The number of nitrogen functional groups attached to an aromatic ring is 1. The standard InChI is InChI=1S/C20H24N4O2S/c1-13-5-6-18(21)17(9-13)20(26)23-11-14-3-2-4-15(12-23)24(14)19(25)10-16-7-8-22-27-16/h5-9,14-15H,2-4,10-12,21H2,1H3. The number of amides is 2. The molecule has 2 saturated heterocycles. The summed E-state index contributed by atoms with van der Waals surface area (Å²) in [5, 5.41) is 0. The molecule has 2 fully saturated rings. The van der Waals surface area contributed by atoms with Crippen LogP contribution in [0.15, 0.2) is 30.5 Å². The molecule has 2 unspecified atom stereocenters. The largest absolute Gasteiger partial charge is 0.398 e. The number of nitrogens with two attached hydrogens (primary N) is 1. The third kappa shape index (κ3) is 3.56. The molecule has 2 atom stereocenters. The first-order chi connectivity index (χ1) is 13.0. The molecule has 0 radical (unpaired) electrons. The Balaban J connectivity index is 1.51. The minimum atomic E-state index is -0.0253. The van der Waals surface area contributed by atoms with Crippen LogP contribution < -0.4 is 5.73 Å². The molecule has 2 aliphatic heterocycles. The van der Waals surface area contributed by atoms with Gasteiger partial charge in [-0.05, 0) is 55.9 Å². The number of aryl methyl sites for hydroxylation is 1. The molecule has 142 valence electrons. The van der Waals surface area contributed by atoms with Crippen LogP contribution >= 0.6 is 11.5 Å². The average Bonchev–Trinajstić information content (AvgIpc) is 3.15. The zero-order valence-corrected chi connectivity index (χ0v) is 16.2. The van der Waals surface area contributed by atoms with Crippen molar-refractivity contribution in [1.82, 2.24) is 14.2 Å². The van der Waals surface area contributed by atoms with E-state index < -0.39 is 0 Å². The molecule has 1 aromatic heterocycles. The fourth-order valence-corrected chi connectivity index (χ4v) is 4.85. The molecule has 4 rings (SSSR count). The zero-order chi connectivity index (χ0) is 19.0. The van der Waals surface area contributed by atoms with Crippen molar-refractivity contribution in [3.63, 3.8) is 0 Å². The van der Waals surface area contributed by atoms with Gasteiger partial charge in [-0.2, -0.15) is 0 Å². The molecular formula is C20H24N4O2S. The summed E-state index contributed by atoms with van der Waals surface area (Å²) < 4.78 is 4.08. The van der Waals surface area contributed by atoms with Crippen LogP contribution in [0.25, 0.3) is 0 Å². The molecule has 1 aromatic carbocycles. The van der Waals surface area contributed by atoms with E-state index in [1.54, 1.807) is 12.3 Å². The lowest BCUT2D eigenvalue weighted by Gasteiger charge is -2.50. The number of piperazine rings is 1. The number of fused-ring (bicyclic) bond motifs is 2. The van der Waals surface area contributed by atoms with Crippen LogP contribution in [0, 0.1) is 6.92 Å². The van der Waals surface area contributed by atoms with Gasteiger partial charge < -0.3 is 15.5 Å². The third-order valence-electron chi connectivity index (χ3n) is 5.55. The smallest absolute Gasteiger partial charge is 0.256 e. The second kappa shape index (κ2) is 7.31. The van der Waals surface area contributed by atoms with Crippen LogP contribution in [-0.2, 0) is 11.2 Å². The van der Waals surface area contributed by atoms with Gasteiger partial charge in [0, 0.05) is 41.9 Å². The summed E-state index contributed by atoms with van der Waals surface area (Å²) in [6.45, 7) is 3.12. The Morgan fingerprint density at radius 1 is 1.22 bits per heavy atom. The van der Waals surface area contributed by atoms with Gasteiger partial charge in [0.25, 0.3) is 5.91 Å². The van der Waals surface area contributed by atoms with Crippen molar-refractivity contribution >= 4 is 29.0 Å². The molecule has 0 spiro atoms. The van der Waals surface area contributed by atoms with Crippen LogP contribution in [0.1, 0.15) is 40.1 Å². The lowest BCUT2D eigenvalue weighted by atomic mass is 9.90. The number of aromatic nitrogens is 1. The van der Waals surface area contributed by atoms with Gasteiger partial charge in [-0.25, -0.2) is 4.37 Å². The molecule has 2 bridgehead atoms. The topological polar surface area (TPSA) is 79.5 Å². The van der Waals surface area contributed by atoms with Crippen LogP contribution in [0.2, 0.25) is 0 Å². The second-order valence-electron chi connectivity index (χ2n) is 7.50. The summed E-state index contributed by atoms with van der Waals surface area (Å²) >= 11 is 1.37. The van der Waals surface area contributed by atoms with E-state index in [0.29, 0.717) is 30.8 Å². The summed E-state index contributed by atoms with van der Waals surface area (Å²) in [5.41, 5.74) is 8.15. The molecule has 2 aromatic rings. The summed E-state index contributed by atoms with van der Waals surface area (Å²) in [7, 11) is 0. The lowest BCUT2D eigenvalue weighted by molar-refractivity contribution is -0.141. The van der Waals surface area contributed by atoms with E-state index in [1.807, 2.05) is 34.9 Å². The highest BCUT2D eigenvalue weighted by Gasteiger charge is 2.41. The Labute approximate surface area is 163 Å². The summed E-state index contributed by atoms with van der Waals surface area (Å²) in [6, 6.07) is 7.64. The predicted octanol–water partition coefficient (Wildman–Crippen LogP) is 2.48. The number of carbonyl (C=O) groups is 2. The van der Waals surface area contributed by atoms with Crippen molar-refractivity contribution in [1.29, 1.82) is 0 Å². The summed E-state index contributed by atoms with van der Waals surface area (Å²) in [5.74, 6) is 0.124. The number of hydrogen-bond acceptors (Lipinski definition) is 5. The van der Waals surface area contributed by atoms with Gasteiger partial charge in [0.2, 0.25) is 5.91 Å². The van der Waals surface area contributed by atoms with Crippen molar-refractivity contribution in [3.05, 3.63) is 46.5 Å². The van der Waals surface area contributed by atoms with Crippen LogP contribution in [0.4, 0.5) is 5.69 Å². The van der Waals surface area contributed by atoms with E-state index in [2.05, 4.69) is 4.37 Å². The first-order valence-electron chi connectivity index (χ1n) is 9.39. The zero-order valence-electron chi connectivity index (χ0n) is 15.4. The summed E-state index contributed by atoms with van der Waals surface area (Å²) in [4.78, 5) is 30.9. The van der Waals surface area contributed by atoms with E-state index in [1.165, 1.54) is 11.5 Å². The van der Waals surface area contributed by atoms with Crippen LogP contribution in [-0.4, -0.2) is 51.2 Å². The molecule has 3 heterocycles. The number of nitrogens with zero attached hydrogens (tertiary/aromatic N) is 3. The van der Waals surface area contributed by atoms with Crippen LogP contribution in [0.3, 0.4) is 0 Å². The molecule has 27 heavy (non-hydrogen) atoms. The third-order valence-corrected chi connectivity index (χ3v) is 6.30. The maximum atomic E-state index is 13.1. The Kier molecular flexibility index (Phi) is 4.86. The maximum Gasteiger partial charge on any atom is 0.256 e. The Morgan fingerprint density at radius 3 is 2.63 bits per heavy atom. The molecule has 6 nitrogen and oxygen atoms in total. The van der Waals surface area contributed by atoms with E-state index in [0.717, 1.165) is 29.7 Å².